The number of carbonyl (C=O) groups is 1. The highest BCUT2D eigenvalue weighted by atomic mass is 35.5. The second kappa shape index (κ2) is 12.1. The summed E-state index contributed by atoms with van der Waals surface area (Å²) in [6.45, 7) is 8.18. The first kappa shape index (κ1) is 26.5. The Hall–Kier alpha value is -2.58. The van der Waals surface area contributed by atoms with Gasteiger partial charge in [-0.05, 0) is 35.4 Å². The fourth-order valence-corrected chi connectivity index (χ4v) is 5.69. The van der Waals surface area contributed by atoms with Gasteiger partial charge in [-0.25, -0.2) is 4.68 Å². The van der Waals surface area contributed by atoms with Gasteiger partial charge in [0, 0.05) is 47.6 Å². The zero-order valence-corrected chi connectivity index (χ0v) is 23.5. The number of halogens is 1. The highest BCUT2D eigenvalue weighted by Crippen LogP contribution is 2.33. The molecule has 36 heavy (non-hydrogen) atoms. The fraction of sp³-hybridized carbons (Fsp3) is 0.286. The van der Waals surface area contributed by atoms with Gasteiger partial charge in [0.25, 0.3) is 0 Å². The van der Waals surface area contributed by atoms with Crippen molar-refractivity contribution in [1.29, 1.82) is 0 Å². The van der Waals surface area contributed by atoms with Crippen LogP contribution in [0.5, 0.6) is 0 Å². The van der Waals surface area contributed by atoms with Crippen molar-refractivity contribution in [1.82, 2.24) is 9.78 Å². The number of nitrogens with one attached hydrogen (secondary N) is 1. The zero-order valence-electron chi connectivity index (χ0n) is 21.0. The molecule has 0 fully saturated rings. The number of rotatable bonds is 11. The van der Waals surface area contributed by atoms with Gasteiger partial charge < -0.3 is 10.1 Å². The standard InChI is InChI=1S/C28H32ClN3O2SSi/c1-36(2,3)14-13-34-20-32-18-24-26(31-32)16-23(17-27(24)35-19-21-9-5-4-6-10-21)30-28(33)15-22-11-7-8-12-25(22)29/h4-12,16-18H,13-15,19-20H2,1-3H3,(H,30,33). The molecule has 188 valence electrons. The number of nitrogens with zero attached hydrogens (tertiary/aromatic N) is 2. The van der Waals surface area contributed by atoms with E-state index in [1.54, 1.807) is 17.8 Å². The minimum Gasteiger partial charge on any atom is -0.360 e. The van der Waals surface area contributed by atoms with Crippen molar-refractivity contribution in [2.45, 2.75) is 49.5 Å². The molecule has 0 aliphatic carbocycles. The summed E-state index contributed by atoms with van der Waals surface area (Å²) in [5.41, 5.74) is 3.59. The zero-order chi connectivity index (χ0) is 25.5. The summed E-state index contributed by atoms with van der Waals surface area (Å²) < 4.78 is 7.76. The summed E-state index contributed by atoms with van der Waals surface area (Å²) >= 11 is 7.98. The van der Waals surface area contributed by atoms with Crippen LogP contribution in [0.4, 0.5) is 5.69 Å². The molecule has 0 radical (unpaired) electrons. The average Bonchev–Trinajstić information content (AvgIpc) is 3.25. The van der Waals surface area contributed by atoms with Crippen LogP contribution in [0.2, 0.25) is 30.7 Å². The lowest BCUT2D eigenvalue weighted by Gasteiger charge is -2.15. The molecule has 8 heteroatoms. The van der Waals surface area contributed by atoms with E-state index in [4.69, 9.17) is 21.4 Å². The molecule has 1 N–H and O–H groups in total. The number of fused-ring (bicyclic) bond motifs is 1. The van der Waals surface area contributed by atoms with Gasteiger partial charge in [0.1, 0.15) is 6.73 Å². The molecule has 1 aromatic heterocycles. The van der Waals surface area contributed by atoms with E-state index >= 15 is 0 Å². The van der Waals surface area contributed by atoms with E-state index in [9.17, 15) is 4.79 Å². The third-order valence-corrected chi connectivity index (χ3v) is 8.88. The molecular weight excluding hydrogens is 506 g/mol. The van der Waals surface area contributed by atoms with Crippen molar-refractivity contribution < 1.29 is 9.53 Å². The highest BCUT2D eigenvalue weighted by Gasteiger charge is 2.14. The van der Waals surface area contributed by atoms with Crippen molar-refractivity contribution in [2.24, 2.45) is 0 Å². The van der Waals surface area contributed by atoms with E-state index in [0.717, 1.165) is 45.5 Å². The Morgan fingerprint density at radius 1 is 1.08 bits per heavy atom. The third kappa shape index (κ3) is 7.71. The molecule has 0 bridgehead atoms. The van der Waals surface area contributed by atoms with Crippen molar-refractivity contribution in [3.05, 3.63) is 89.1 Å². The van der Waals surface area contributed by atoms with Gasteiger partial charge in [-0.1, -0.05) is 79.8 Å². The van der Waals surface area contributed by atoms with E-state index in [1.165, 1.54) is 5.56 Å². The Morgan fingerprint density at radius 3 is 2.58 bits per heavy atom. The maximum Gasteiger partial charge on any atom is 0.228 e. The lowest BCUT2D eigenvalue weighted by Crippen LogP contribution is -2.22. The Bertz CT molecular complexity index is 1320. The molecule has 1 amide bonds. The fourth-order valence-electron chi connectivity index (χ4n) is 3.69. The van der Waals surface area contributed by atoms with Gasteiger partial charge in [-0.2, -0.15) is 5.10 Å². The molecule has 0 saturated carbocycles. The van der Waals surface area contributed by atoms with Gasteiger partial charge in [-0.3, -0.25) is 4.79 Å². The van der Waals surface area contributed by atoms with E-state index in [2.05, 4.69) is 37.1 Å². The van der Waals surface area contributed by atoms with Crippen LogP contribution in [0.3, 0.4) is 0 Å². The Labute approximate surface area is 223 Å². The minimum absolute atomic E-state index is 0.115. The summed E-state index contributed by atoms with van der Waals surface area (Å²) in [6, 6.07) is 22.8. The summed E-state index contributed by atoms with van der Waals surface area (Å²) in [7, 11) is -1.14. The molecule has 3 aromatic carbocycles. The maximum absolute atomic E-state index is 12.8. The number of anilines is 1. The quantitative estimate of drug-likeness (QED) is 0.122. The number of hydrogen-bond acceptors (Lipinski definition) is 4. The molecule has 4 aromatic rings. The molecule has 0 spiro atoms. The van der Waals surface area contributed by atoms with Gasteiger partial charge in [-0.15, -0.1) is 11.8 Å². The third-order valence-electron chi connectivity index (χ3n) is 5.68. The lowest BCUT2D eigenvalue weighted by molar-refractivity contribution is -0.115. The summed E-state index contributed by atoms with van der Waals surface area (Å²) in [4.78, 5) is 13.9. The molecular formula is C28H32ClN3O2SSi. The monoisotopic (exact) mass is 537 g/mol. The number of aromatic nitrogens is 2. The normalized spacial score (nSPS) is 11.7. The molecule has 0 atom stereocenters. The number of thioether (sulfide) groups is 1. The number of carbonyl (C=O) groups excluding carboxylic acids is 1. The smallest absolute Gasteiger partial charge is 0.228 e. The first-order valence-electron chi connectivity index (χ1n) is 12.1. The highest BCUT2D eigenvalue weighted by molar-refractivity contribution is 7.98. The van der Waals surface area contributed by atoms with Crippen LogP contribution >= 0.6 is 23.4 Å². The largest absolute Gasteiger partial charge is 0.360 e. The molecule has 4 rings (SSSR count). The van der Waals surface area contributed by atoms with Gasteiger partial charge in [0.05, 0.1) is 11.9 Å². The predicted octanol–water partition coefficient (Wildman–Crippen LogP) is 7.48. The van der Waals surface area contributed by atoms with Gasteiger partial charge >= 0.3 is 0 Å². The van der Waals surface area contributed by atoms with Crippen molar-refractivity contribution in [3.63, 3.8) is 0 Å². The molecule has 0 saturated heterocycles. The van der Waals surface area contributed by atoms with Crippen LogP contribution in [0.15, 0.2) is 77.8 Å². The first-order chi connectivity index (χ1) is 17.3. The lowest BCUT2D eigenvalue weighted by atomic mass is 10.1. The van der Waals surface area contributed by atoms with Crippen LogP contribution in [0.25, 0.3) is 10.9 Å². The van der Waals surface area contributed by atoms with Crippen molar-refractivity contribution >= 4 is 53.9 Å². The summed E-state index contributed by atoms with van der Waals surface area (Å²) in [5.74, 6) is 0.709. The molecule has 0 aliphatic heterocycles. The second-order valence-corrected chi connectivity index (χ2v) is 17.1. The van der Waals surface area contributed by atoms with E-state index < -0.39 is 8.07 Å². The topological polar surface area (TPSA) is 56.1 Å². The predicted molar refractivity (Wildman–Crippen MR) is 154 cm³/mol. The average molecular weight is 538 g/mol. The van der Waals surface area contributed by atoms with Crippen molar-refractivity contribution in [3.8, 4) is 0 Å². The van der Waals surface area contributed by atoms with Crippen LogP contribution in [0, 0.1) is 0 Å². The second-order valence-electron chi connectivity index (χ2n) is 10.0. The number of benzene rings is 3. The number of hydrogen-bond donors (Lipinski definition) is 1. The molecule has 0 aliphatic rings. The first-order valence-corrected chi connectivity index (χ1v) is 17.1. The Balaban J connectivity index is 1.53. The SMILES string of the molecule is C[Si](C)(C)CCOCn1cc2c(SCc3ccccc3)cc(NC(=O)Cc3ccccc3Cl)cc2n1. The van der Waals surface area contributed by atoms with Gasteiger partial charge in [0.15, 0.2) is 0 Å². The van der Waals surface area contributed by atoms with Crippen molar-refractivity contribution in [2.75, 3.05) is 11.9 Å². The van der Waals surface area contributed by atoms with Crippen LogP contribution in [-0.4, -0.2) is 30.4 Å². The van der Waals surface area contributed by atoms with Crippen LogP contribution < -0.4 is 5.32 Å². The molecule has 1 heterocycles. The Morgan fingerprint density at radius 2 is 1.83 bits per heavy atom. The number of amides is 1. The van der Waals surface area contributed by atoms with E-state index in [-0.39, 0.29) is 12.3 Å². The van der Waals surface area contributed by atoms with Crippen LogP contribution in [0.1, 0.15) is 11.1 Å². The summed E-state index contributed by atoms with van der Waals surface area (Å²) in [5, 5.41) is 9.43. The van der Waals surface area contributed by atoms with Gasteiger partial charge in [0.2, 0.25) is 5.91 Å². The Kier molecular flexibility index (Phi) is 8.90. The molecule has 0 unspecified atom stereocenters. The van der Waals surface area contributed by atoms with E-state index in [0.29, 0.717) is 11.8 Å². The minimum atomic E-state index is -1.14. The number of ether oxygens (including phenoxy) is 1. The molecule has 5 nitrogen and oxygen atoms in total. The van der Waals surface area contributed by atoms with Crippen LogP contribution in [-0.2, 0) is 28.4 Å². The maximum atomic E-state index is 12.8. The van der Waals surface area contributed by atoms with E-state index in [1.807, 2.05) is 59.4 Å². The summed E-state index contributed by atoms with van der Waals surface area (Å²) in [6.07, 6.45) is 2.25.